The fourth-order valence-electron chi connectivity index (χ4n) is 4.20. The Hall–Kier alpha value is -1.43. The number of carbonyl (C=O) groups excluding carboxylic acids is 1. The van der Waals surface area contributed by atoms with Gasteiger partial charge >= 0.3 is 5.97 Å². The molecule has 4 atom stereocenters. The molecule has 1 saturated carbocycles. The monoisotopic (exact) mass is 376 g/mol. The normalized spacial score (nSPS) is 26.9. The van der Waals surface area contributed by atoms with Crippen molar-refractivity contribution < 1.29 is 19.7 Å². The molecule has 1 aliphatic carbocycles. The van der Waals surface area contributed by atoms with Crippen molar-refractivity contribution in [2.24, 2.45) is 11.8 Å². The zero-order valence-corrected chi connectivity index (χ0v) is 16.3. The second-order valence-electron chi connectivity index (χ2n) is 7.44. The van der Waals surface area contributed by atoms with Gasteiger partial charge in [-0.15, -0.1) is 11.3 Å². The van der Waals surface area contributed by atoms with Gasteiger partial charge in [-0.3, -0.25) is 4.79 Å². The number of fused-ring (bicyclic) bond motifs is 1. The molecule has 0 aliphatic heterocycles. The molecule has 0 spiro atoms. The van der Waals surface area contributed by atoms with Crippen LogP contribution in [0.5, 0.6) is 0 Å². The van der Waals surface area contributed by atoms with E-state index >= 15 is 0 Å². The van der Waals surface area contributed by atoms with Gasteiger partial charge in [-0.1, -0.05) is 44.4 Å². The lowest BCUT2D eigenvalue weighted by atomic mass is 9.84. The summed E-state index contributed by atoms with van der Waals surface area (Å²) < 4.78 is 6.12. The van der Waals surface area contributed by atoms with E-state index in [4.69, 9.17) is 4.74 Å². The summed E-state index contributed by atoms with van der Waals surface area (Å²) in [4.78, 5) is 13.2. The van der Waals surface area contributed by atoms with Gasteiger partial charge in [0.2, 0.25) is 0 Å². The third kappa shape index (κ3) is 3.80. The van der Waals surface area contributed by atoms with Crippen molar-refractivity contribution in [1.29, 1.82) is 0 Å². The van der Waals surface area contributed by atoms with E-state index in [0.717, 1.165) is 34.2 Å². The van der Waals surface area contributed by atoms with Crippen LogP contribution in [0.25, 0.3) is 10.1 Å². The SMILES string of the molecule is CCCCC[C@@H](C(=O)OC)[C@H]1C[C@](O)(c2cc3ccccc3s2)C[C@@H]1O. The van der Waals surface area contributed by atoms with E-state index in [1.54, 1.807) is 11.3 Å². The van der Waals surface area contributed by atoms with Crippen LogP contribution in [0.1, 0.15) is 50.3 Å². The molecule has 2 N–H and O–H groups in total. The highest BCUT2D eigenvalue weighted by atomic mass is 32.1. The highest BCUT2D eigenvalue weighted by molar-refractivity contribution is 7.19. The van der Waals surface area contributed by atoms with Crippen molar-refractivity contribution >= 4 is 27.4 Å². The molecule has 5 heteroatoms. The van der Waals surface area contributed by atoms with E-state index in [-0.39, 0.29) is 24.2 Å². The Bertz CT molecular complexity index is 722. The predicted molar refractivity (Wildman–Crippen MR) is 104 cm³/mol. The van der Waals surface area contributed by atoms with Crippen LogP contribution >= 0.6 is 11.3 Å². The van der Waals surface area contributed by atoms with E-state index in [1.807, 2.05) is 30.3 Å². The maximum atomic E-state index is 12.3. The molecule has 2 aromatic rings. The number of hydrogen-bond donors (Lipinski definition) is 2. The molecule has 0 saturated heterocycles. The molecule has 1 aliphatic rings. The maximum absolute atomic E-state index is 12.3. The molecule has 0 bridgehead atoms. The van der Waals surface area contributed by atoms with Gasteiger partial charge in [-0.25, -0.2) is 0 Å². The van der Waals surface area contributed by atoms with Crippen LogP contribution in [0.15, 0.2) is 30.3 Å². The first-order valence-electron chi connectivity index (χ1n) is 9.46. The van der Waals surface area contributed by atoms with E-state index in [9.17, 15) is 15.0 Å². The van der Waals surface area contributed by atoms with Gasteiger partial charge in [0.25, 0.3) is 0 Å². The number of aliphatic hydroxyl groups is 2. The minimum atomic E-state index is -1.08. The van der Waals surface area contributed by atoms with E-state index in [1.165, 1.54) is 7.11 Å². The number of hydrogen-bond acceptors (Lipinski definition) is 5. The summed E-state index contributed by atoms with van der Waals surface area (Å²) in [7, 11) is 1.40. The minimum absolute atomic E-state index is 0.269. The Morgan fingerprint density at radius 1 is 1.35 bits per heavy atom. The number of ether oxygens (including phenoxy) is 1. The summed E-state index contributed by atoms with van der Waals surface area (Å²) in [6.45, 7) is 2.12. The first-order chi connectivity index (χ1) is 12.5. The van der Waals surface area contributed by atoms with E-state index in [2.05, 4.69) is 6.92 Å². The minimum Gasteiger partial charge on any atom is -0.469 e. The average molecular weight is 377 g/mol. The molecule has 0 unspecified atom stereocenters. The van der Waals surface area contributed by atoms with E-state index < -0.39 is 11.7 Å². The summed E-state index contributed by atoms with van der Waals surface area (Å²) in [5.41, 5.74) is -1.08. The number of benzene rings is 1. The average Bonchev–Trinajstić information content (AvgIpc) is 3.20. The van der Waals surface area contributed by atoms with Gasteiger partial charge in [-0.05, 0) is 30.4 Å². The number of esters is 1. The molecule has 0 radical (unpaired) electrons. The standard InChI is InChI=1S/C21H28O4S/c1-3-4-5-9-15(20(23)25-2)16-12-21(24,13-17(16)22)19-11-14-8-6-7-10-18(14)26-19/h6-8,10-11,15-17,22,24H,3-5,9,12-13H2,1-2H3/t15-,16-,17+,21-/m1/s1. The van der Waals surface area contributed by atoms with Crippen molar-refractivity contribution in [3.8, 4) is 0 Å². The van der Waals surface area contributed by atoms with Crippen LogP contribution < -0.4 is 0 Å². The van der Waals surface area contributed by atoms with Crippen molar-refractivity contribution in [1.82, 2.24) is 0 Å². The number of unbranched alkanes of at least 4 members (excludes halogenated alkanes) is 2. The molecule has 1 aromatic heterocycles. The first kappa shape index (κ1) is 19.3. The van der Waals surface area contributed by atoms with Gasteiger partial charge in [0.15, 0.2) is 0 Å². The quantitative estimate of drug-likeness (QED) is 0.561. The fraction of sp³-hybridized carbons (Fsp3) is 0.571. The highest BCUT2D eigenvalue weighted by Gasteiger charge is 2.49. The lowest BCUT2D eigenvalue weighted by Gasteiger charge is -2.25. The van der Waals surface area contributed by atoms with Crippen molar-refractivity contribution in [2.75, 3.05) is 7.11 Å². The van der Waals surface area contributed by atoms with Crippen LogP contribution in [0, 0.1) is 11.8 Å². The molecule has 1 fully saturated rings. The second-order valence-corrected chi connectivity index (χ2v) is 8.53. The zero-order chi connectivity index (χ0) is 18.7. The Morgan fingerprint density at radius 2 is 2.12 bits per heavy atom. The molecular weight excluding hydrogens is 348 g/mol. The third-order valence-electron chi connectivity index (χ3n) is 5.64. The van der Waals surface area contributed by atoms with Gasteiger partial charge < -0.3 is 14.9 Å². The third-order valence-corrected chi connectivity index (χ3v) is 6.95. The zero-order valence-electron chi connectivity index (χ0n) is 15.5. The Morgan fingerprint density at radius 3 is 2.81 bits per heavy atom. The lowest BCUT2D eigenvalue weighted by Crippen LogP contribution is -2.30. The van der Waals surface area contributed by atoms with Crippen molar-refractivity contribution in [3.05, 3.63) is 35.2 Å². The van der Waals surface area contributed by atoms with E-state index in [0.29, 0.717) is 12.8 Å². The van der Waals surface area contributed by atoms with Crippen LogP contribution in [0.3, 0.4) is 0 Å². The fourth-order valence-corrected chi connectivity index (χ4v) is 5.37. The lowest BCUT2D eigenvalue weighted by molar-refractivity contribution is -0.149. The molecular formula is C21H28O4S. The van der Waals surface area contributed by atoms with Crippen LogP contribution in [-0.4, -0.2) is 29.4 Å². The topological polar surface area (TPSA) is 66.8 Å². The van der Waals surface area contributed by atoms with Crippen LogP contribution in [0.4, 0.5) is 0 Å². The van der Waals surface area contributed by atoms with Gasteiger partial charge in [0.1, 0.15) is 5.60 Å². The van der Waals surface area contributed by atoms with Crippen LogP contribution in [0.2, 0.25) is 0 Å². The molecule has 0 amide bonds. The molecule has 1 heterocycles. The maximum Gasteiger partial charge on any atom is 0.309 e. The summed E-state index contributed by atoms with van der Waals surface area (Å²) >= 11 is 1.57. The Labute approximate surface area is 158 Å². The Balaban J connectivity index is 1.82. The largest absolute Gasteiger partial charge is 0.469 e. The number of aliphatic hydroxyl groups excluding tert-OH is 1. The number of rotatable bonds is 7. The molecule has 1 aromatic carbocycles. The number of thiophene rings is 1. The number of methoxy groups -OCH3 is 1. The predicted octanol–water partition coefficient (Wildman–Crippen LogP) is 4.23. The summed E-state index contributed by atoms with van der Waals surface area (Å²) in [6.07, 6.45) is 3.73. The van der Waals surface area contributed by atoms with Gasteiger partial charge in [0, 0.05) is 21.9 Å². The molecule has 4 nitrogen and oxygen atoms in total. The molecule has 3 rings (SSSR count). The summed E-state index contributed by atoms with van der Waals surface area (Å²) in [5.74, 6) is -0.898. The first-order valence-corrected chi connectivity index (χ1v) is 10.3. The number of carbonyl (C=O) groups is 1. The van der Waals surface area contributed by atoms with Crippen molar-refractivity contribution in [3.63, 3.8) is 0 Å². The molecule has 142 valence electrons. The smallest absolute Gasteiger partial charge is 0.309 e. The van der Waals surface area contributed by atoms with Crippen molar-refractivity contribution in [2.45, 2.75) is 57.2 Å². The van der Waals surface area contributed by atoms with Crippen LogP contribution in [-0.2, 0) is 15.1 Å². The van der Waals surface area contributed by atoms with Gasteiger partial charge in [-0.2, -0.15) is 0 Å². The second kappa shape index (κ2) is 8.07. The highest BCUT2D eigenvalue weighted by Crippen LogP contribution is 2.49. The van der Waals surface area contributed by atoms with Gasteiger partial charge in [0.05, 0.1) is 19.1 Å². The summed E-state index contributed by atoms with van der Waals surface area (Å²) in [5, 5.41) is 23.0. The Kier molecular flexibility index (Phi) is 6.00. The summed E-state index contributed by atoms with van der Waals surface area (Å²) in [6, 6.07) is 10.1. The molecule has 26 heavy (non-hydrogen) atoms.